The zero-order valence-corrected chi connectivity index (χ0v) is 16.9. The molecular weight excluding hydrogens is 387 g/mol. The van der Waals surface area contributed by atoms with E-state index in [1.165, 1.54) is 19.2 Å². The number of nitrogens with zero attached hydrogens (tertiary/aromatic N) is 1. The molecule has 6 nitrogen and oxygen atoms in total. The van der Waals surface area contributed by atoms with E-state index in [1.54, 1.807) is 20.1 Å². The summed E-state index contributed by atoms with van der Waals surface area (Å²) in [4.78, 5) is 26.9. The summed E-state index contributed by atoms with van der Waals surface area (Å²) in [6, 6.07) is 15.1. The first-order chi connectivity index (χ1) is 14.4. The van der Waals surface area contributed by atoms with Gasteiger partial charge in [-0.3, -0.25) is 9.69 Å². The summed E-state index contributed by atoms with van der Waals surface area (Å²) in [7, 11) is 2.98. The average molecular weight is 408 g/mol. The largest absolute Gasteiger partial charge is 0.497 e. The SMILES string of the molecule is COc1ccc2cc([C@@]3(C)NC(=O)N(Cc4ccc(OC)c(F)c4)C3=O)ccc2c1. The van der Waals surface area contributed by atoms with E-state index in [0.29, 0.717) is 11.1 Å². The van der Waals surface area contributed by atoms with Crippen LogP contribution in [0.25, 0.3) is 10.8 Å². The molecule has 0 bridgehead atoms. The van der Waals surface area contributed by atoms with Gasteiger partial charge in [0.2, 0.25) is 0 Å². The zero-order valence-electron chi connectivity index (χ0n) is 16.9. The van der Waals surface area contributed by atoms with Gasteiger partial charge in [0.1, 0.15) is 11.3 Å². The highest BCUT2D eigenvalue weighted by Gasteiger charge is 2.49. The molecule has 0 aliphatic carbocycles. The average Bonchev–Trinajstić information content (AvgIpc) is 2.97. The summed E-state index contributed by atoms with van der Waals surface area (Å²) in [6.07, 6.45) is 0. The molecule has 3 amide bonds. The number of carbonyl (C=O) groups excluding carboxylic acids is 2. The predicted molar refractivity (Wildman–Crippen MR) is 110 cm³/mol. The number of halogens is 1. The van der Waals surface area contributed by atoms with Crippen molar-refractivity contribution in [3.05, 3.63) is 71.5 Å². The van der Waals surface area contributed by atoms with Crippen LogP contribution in [0, 0.1) is 5.82 Å². The van der Waals surface area contributed by atoms with Crippen LogP contribution in [-0.2, 0) is 16.9 Å². The maximum Gasteiger partial charge on any atom is 0.325 e. The van der Waals surface area contributed by atoms with Gasteiger partial charge < -0.3 is 14.8 Å². The van der Waals surface area contributed by atoms with Gasteiger partial charge in [0.15, 0.2) is 11.6 Å². The third-order valence-electron chi connectivity index (χ3n) is 5.46. The molecule has 1 aliphatic rings. The molecule has 1 aliphatic heterocycles. The Morgan fingerprint density at radius 1 is 0.967 bits per heavy atom. The molecule has 1 saturated heterocycles. The lowest BCUT2D eigenvalue weighted by atomic mass is 9.90. The quantitative estimate of drug-likeness (QED) is 0.649. The summed E-state index contributed by atoms with van der Waals surface area (Å²) < 4.78 is 24.2. The molecule has 154 valence electrons. The number of carbonyl (C=O) groups is 2. The molecule has 7 heteroatoms. The van der Waals surface area contributed by atoms with Gasteiger partial charge in [0.05, 0.1) is 20.8 Å². The lowest BCUT2D eigenvalue weighted by Crippen LogP contribution is -2.40. The number of fused-ring (bicyclic) bond motifs is 1. The third-order valence-corrected chi connectivity index (χ3v) is 5.46. The molecule has 0 unspecified atom stereocenters. The Bertz CT molecular complexity index is 1160. The number of amides is 3. The predicted octanol–water partition coefficient (Wildman–Crippen LogP) is 3.96. The summed E-state index contributed by atoms with van der Waals surface area (Å²) in [5.41, 5.74) is -0.0514. The van der Waals surface area contributed by atoms with Crippen LogP contribution in [0.3, 0.4) is 0 Å². The fourth-order valence-corrected chi connectivity index (χ4v) is 3.69. The van der Waals surface area contributed by atoms with E-state index in [-0.39, 0.29) is 12.3 Å². The van der Waals surface area contributed by atoms with Crippen LogP contribution < -0.4 is 14.8 Å². The molecule has 3 aromatic rings. The van der Waals surface area contributed by atoms with Crippen LogP contribution in [-0.4, -0.2) is 31.1 Å². The first-order valence-electron chi connectivity index (χ1n) is 9.40. The lowest BCUT2D eigenvalue weighted by molar-refractivity contribution is -0.131. The fraction of sp³-hybridized carbons (Fsp3) is 0.217. The van der Waals surface area contributed by atoms with E-state index >= 15 is 0 Å². The number of methoxy groups -OCH3 is 2. The maximum atomic E-state index is 14.0. The Morgan fingerprint density at radius 2 is 1.70 bits per heavy atom. The second-order valence-electron chi connectivity index (χ2n) is 7.34. The number of imide groups is 1. The van der Waals surface area contributed by atoms with Gasteiger partial charge in [-0.1, -0.05) is 24.3 Å². The minimum atomic E-state index is -1.21. The van der Waals surface area contributed by atoms with Crippen molar-refractivity contribution in [2.75, 3.05) is 14.2 Å². The van der Waals surface area contributed by atoms with Crippen molar-refractivity contribution < 1.29 is 23.5 Å². The van der Waals surface area contributed by atoms with E-state index in [4.69, 9.17) is 9.47 Å². The number of benzene rings is 3. The van der Waals surface area contributed by atoms with Crippen molar-refractivity contribution in [1.29, 1.82) is 0 Å². The Hall–Kier alpha value is -3.61. The van der Waals surface area contributed by atoms with Gasteiger partial charge in [0, 0.05) is 0 Å². The molecule has 4 rings (SSSR count). The van der Waals surface area contributed by atoms with Crippen molar-refractivity contribution in [2.45, 2.75) is 19.0 Å². The molecule has 30 heavy (non-hydrogen) atoms. The molecule has 0 saturated carbocycles. The van der Waals surface area contributed by atoms with Crippen LogP contribution in [0.1, 0.15) is 18.1 Å². The minimum Gasteiger partial charge on any atom is -0.497 e. The van der Waals surface area contributed by atoms with Crippen LogP contribution in [0.4, 0.5) is 9.18 Å². The van der Waals surface area contributed by atoms with Gasteiger partial charge >= 0.3 is 6.03 Å². The second kappa shape index (κ2) is 7.33. The van der Waals surface area contributed by atoms with Crippen molar-refractivity contribution in [3.63, 3.8) is 0 Å². The molecule has 0 spiro atoms. The molecule has 1 atom stereocenters. The number of urea groups is 1. The van der Waals surface area contributed by atoms with E-state index in [2.05, 4.69) is 5.32 Å². The number of nitrogens with one attached hydrogen (secondary N) is 1. The van der Waals surface area contributed by atoms with Gasteiger partial charge in [-0.25, -0.2) is 9.18 Å². The summed E-state index contributed by atoms with van der Waals surface area (Å²) in [5, 5.41) is 4.67. The molecular formula is C23H21FN2O4. The number of ether oxygens (including phenoxy) is 2. The first kappa shape index (κ1) is 19.7. The van der Waals surface area contributed by atoms with E-state index in [1.807, 2.05) is 36.4 Å². The third kappa shape index (κ3) is 3.22. The zero-order chi connectivity index (χ0) is 21.5. The molecule has 0 aromatic heterocycles. The highest BCUT2D eigenvalue weighted by atomic mass is 19.1. The monoisotopic (exact) mass is 408 g/mol. The lowest BCUT2D eigenvalue weighted by Gasteiger charge is -2.23. The standard InChI is InChI=1S/C23H21FN2O4/c1-23(17-7-5-16-12-18(29-2)8-6-15(16)11-17)21(27)26(22(28)25-23)13-14-4-9-20(30-3)19(24)10-14/h4-12H,13H2,1-3H3,(H,25,28)/t23-/m1/s1. The Balaban J connectivity index is 1.63. The highest BCUT2D eigenvalue weighted by Crippen LogP contribution is 2.33. The number of hydrogen-bond acceptors (Lipinski definition) is 4. The second-order valence-corrected chi connectivity index (χ2v) is 7.34. The van der Waals surface area contributed by atoms with E-state index in [9.17, 15) is 14.0 Å². The minimum absolute atomic E-state index is 0.0358. The van der Waals surface area contributed by atoms with Crippen molar-refractivity contribution >= 4 is 22.7 Å². The normalized spacial score (nSPS) is 18.6. The highest BCUT2D eigenvalue weighted by molar-refractivity contribution is 6.07. The molecule has 0 radical (unpaired) electrons. The topological polar surface area (TPSA) is 67.9 Å². The van der Waals surface area contributed by atoms with Gasteiger partial charge in [-0.05, 0) is 59.2 Å². The first-order valence-corrected chi connectivity index (χ1v) is 9.40. The van der Waals surface area contributed by atoms with Gasteiger partial charge in [0.25, 0.3) is 5.91 Å². The van der Waals surface area contributed by atoms with Gasteiger partial charge in [-0.15, -0.1) is 0 Å². The van der Waals surface area contributed by atoms with Crippen LogP contribution in [0.5, 0.6) is 11.5 Å². The van der Waals surface area contributed by atoms with Crippen molar-refractivity contribution in [2.24, 2.45) is 0 Å². The molecule has 1 heterocycles. The Labute approximate surface area is 173 Å². The summed E-state index contributed by atoms with van der Waals surface area (Å²) in [5.74, 6) is -0.0930. The molecule has 1 N–H and O–H groups in total. The number of hydrogen-bond donors (Lipinski definition) is 1. The fourth-order valence-electron chi connectivity index (χ4n) is 3.69. The van der Waals surface area contributed by atoms with Crippen molar-refractivity contribution in [1.82, 2.24) is 10.2 Å². The van der Waals surface area contributed by atoms with Crippen molar-refractivity contribution in [3.8, 4) is 11.5 Å². The smallest absolute Gasteiger partial charge is 0.325 e. The van der Waals surface area contributed by atoms with E-state index < -0.39 is 23.3 Å². The number of rotatable bonds is 5. The van der Waals surface area contributed by atoms with Crippen LogP contribution in [0.15, 0.2) is 54.6 Å². The van der Waals surface area contributed by atoms with Gasteiger partial charge in [-0.2, -0.15) is 0 Å². The Kier molecular flexibility index (Phi) is 4.81. The van der Waals surface area contributed by atoms with Crippen LogP contribution in [0.2, 0.25) is 0 Å². The maximum absolute atomic E-state index is 14.0. The Morgan fingerprint density at radius 3 is 2.40 bits per heavy atom. The summed E-state index contributed by atoms with van der Waals surface area (Å²) >= 11 is 0. The summed E-state index contributed by atoms with van der Waals surface area (Å²) in [6.45, 7) is 1.64. The van der Waals surface area contributed by atoms with Crippen LogP contribution >= 0.6 is 0 Å². The van der Waals surface area contributed by atoms with E-state index in [0.717, 1.165) is 21.4 Å². The molecule has 1 fully saturated rings. The molecule has 3 aromatic carbocycles.